The molecule has 0 unspecified atom stereocenters. The van der Waals surface area contributed by atoms with Crippen molar-refractivity contribution < 1.29 is 14.3 Å². The van der Waals surface area contributed by atoms with Gasteiger partial charge >= 0.3 is 0 Å². The first-order valence-electron chi connectivity index (χ1n) is 10.0. The summed E-state index contributed by atoms with van der Waals surface area (Å²) in [4.78, 5) is 25.9. The van der Waals surface area contributed by atoms with E-state index < -0.39 is 0 Å². The van der Waals surface area contributed by atoms with Gasteiger partial charge in [-0.05, 0) is 48.5 Å². The van der Waals surface area contributed by atoms with Crippen LogP contribution in [0.25, 0.3) is 0 Å². The minimum atomic E-state index is -0.319. The van der Waals surface area contributed by atoms with Crippen molar-refractivity contribution >= 4 is 52.2 Å². The van der Waals surface area contributed by atoms with Crippen molar-refractivity contribution in [3.05, 3.63) is 101 Å². The molecule has 2 amide bonds. The summed E-state index contributed by atoms with van der Waals surface area (Å²) in [7, 11) is 0. The molecule has 1 heterocycles. The Hall–Kier alpha value is -3.75. The van der Waals surface area contributed by atoms with Crippen LogP contribution in [-0.4, -0.2) is 18.1 Å². The minimum absolute atomic E-state index is 0.270. The van der Waals surface area contributed by atoms with E-state index in [-0.39, 0.29) is 11.8 Å². The van der Waals surface area contributed by atoms with Crippen LogP contribution >= 0.6 is 23.3 Å². The van der Waals surface area contributed by atoms with E-state index in [1.807, 2.05) is 73.0 Å². The highest BCUT2D eigenvalue weighted by atomic mass is 32.2. The van der Waals surface area contributed by atoms with Crippen LogP contribution in [0.15, 0.2) is 90.3 Å². The van der Waals surface area contributed by atoms with Crippen molar-refractivity contribution in [1.29, 1.82) is 0 Å². The van der Waals surface area contributed by atoms with Crippen LogP contribution in [0.4, 0.5) is 17.1 Å². The van der Waals surface area contributed by atoms with Gasteiger partial charge in [0, 0.05) is 23.0 Å². The number of carbonyl (C=O) groups is 2. The Kier molecular flexibility index (Phi) is 7.29. The van der Waals surface area contributed by atoms with Crippen molar-refractivity contribution in [1.82, 2.24) is 0 Å². The Morgan fingerprint density at radius 3 is 2.39 bits per heavy atom. The van der Waals surface area contributed by atoms with Crippen LogP contribution in [-0.2, 0) is 0 Å². The van der Waals surface area contributed by atoms with Crippen LogP contribution < -0.4 is 20.1 Å². The summed E-state index contributed by atoms with van der Waals surface area (Å²) in [5.41, 5.74) is 2.51. The number of ether oxygens (including phenoxy) is 1. The second-order valence-corrected chi connectivity index (χ2v) is 8.43. The molecule has 1 aromatic heterocycles. The fourth-order valence-corrected chi connectivity index (χ4v) is 4.16. The van der Waals surface area contributed by atoms with E-state index >= 15 is 0 Å². The molecule has 0 aliphatic carbocycles. The van der Waals surface area contributed by atoms with Crippen molar-refractivity contribution in [2.24, 2.45) is 0 Å². The summed E-state index contributed by atoms with van der Waals surface area (Å²) < 4.78 is 9.03. The van der Waals surface area contributed by atoms with Crippen molar-refractivity contribution in [2.45, 2.75) is 0 Å². The monoisotopic (exact) mass is 475 g/mol. The number of para-hydroxylation sites is 3. The Bertz CT molecular complexity index is 1260. The molecule has 6 nitrogen and oxygen atoms in total. The lowest BCUT2D eigenvalue weighted by Gasteiger charge is -2.11. The first kappa shape index (κ1) is 22.4. The van der Waals surface area contributed by atoms with Crippen molar-refractivity contribution in [3.63, 3.8) is 0 Å². The zero-order valence-electron chi connectivity index (χ0n) is 17.7. The molecule has 0 atom stereocenters. The third kappa shape index (κ3) is 5.94. The second-order valence-electron chi connectivity index (χ2n) is 6.91. The van der Waals surface area contributed by atoms with Crippen LogP contribution in [0.5, 0.6) is 11.5 Å². The van der Waals surface area contributed by atoms with E-state index in [4.69, 9.17) is 4.74 Å². The number of hydrogen-bond donors (Lipinski definition) is 3. The van der Waals surface area contributed by atoms with E-state index in [2.05, 4.69) is 15.4 Å². The summed E-state index contributed by atoms with van der Waals surface area (Å²) in [6, 6.07) is 25.6. The van der Waals surface area contributed by atoms with E-state index in [9.17, 15) is 9.59 Å². The first-order chi connectivity index (χ1) is 16.1. The molecule has 3 N–H and O–H groups in total. The van der Waals surface area contributed by atoms with Crippen molar-refractivity contribution in [2.75, 3.05) is 21.6 Å². The second kappa shape index (κ2) is 10.7. The van der Waals surface area contributed by atoms with Gasteiger partial charge in [0.1, 0.15) is 5.75 Å². The highest BCUT2D eigenvalue weighted by Crippen LogP contribution is 2.30. The molecule has 33 heavy (non-hydrogen) atoms. The number of anilines is 3. The molecule has 0 saturated carbocycles. The van der Waals surface area contributed by atoms with Gasteiger partial charge in [0.2, 0.25) is 0 Å². The molecule has 0 radical (unpaired) electrons. The fourth-order valence-electron chi connectivity index (χ4n) is 3.01. The molecule has 4 aromatic rings. The highest BCUT2D eigenvalue weighted by Gasteiger charge is 2.16. The van der Waals surface area contributed by atoms with Crippen LogP contribution in [0.2, 0.25) is 0 Å². The smallest absolute Gasteiger partial charge is 0.265 e. The van der Waals surface area contributed by atoms with Gasteiger partial charge in [-0.25, -0.2) is 0 Å². The van der Waals surface area contributed by atoms with Gasteiger partial charge in [0.05, 0.1) is 16.1 Å². The molecule has 3 aromatic carbocycles. The summed E-state index contributed by atoms with van der Waals surface area (Å²) >= 11 is 2.69. The van der Waals surface area contributed by atoms with Gasteiger partial charge in [-0.2, -0.15) is 0 Å². The zero-order valence-corrected chi connectivity index (χ0v) is 19.3. The topological polar surface area (TPSA) is 79.5 Å². The highest BCUT2D eigenvalue weighted by molar-refractivity contribution is 7.99. The largest absolute Gasteiger partial charge is 0.455 e. The number of amides is 2. The Balaban J connectivity index is 1.43. The van der Waals surface area contributed by atoms with E-state index in [0.717, 1.165) is 5.69 Å². The number of carbonyl (C=O) groups excluding carboxylic acids is 2. The molecular formula is C25H21N3O3S2. The maximum absolute atomic E-state index is 12.8. The summed E-state index contributed by atoms with van der Waals surface area (Å²) in [6.07, 6.45) is 1.93. The van der Waals surface area contributed by atoms with Gasteiger partial charge in [-0.1, -0.05) is 48.3 Å². The average molecular weight is 476 g/mol. The maximum Gasteiger partial charge on any atom is 0.265 e. The number of hydrogen-bond acceptors (Lipinski definition) is 6. The third-order valence-corrected chi connectivity index (χ3v) is 5.90. The summed E-state index contributed by atoms with van der Waals surface area (Å²) in [5.74, 6) is 0.614. The Morgan fingerprint density at radius 1 is 0.818 bits per heavy atom. The molecule has 0 spiro atoms. The molecule has 8 heteroatoms. The molecule has 0 aliphatic heterocycles. The molecule has 0 bridgehead atoms. The molecule has 4 rings (SSSR count). The van der Waals surface area contributed by atoms with Gasteiger partial charge < -0.3 is 20.1 Å². The van der Waals surface area contributed by atoms with Crippen LogP contribution in [0.3, 0.4) is 0 Å². The summed E-state index contributed by atoms with van der Waals surface area (Å²) in [5, 5.41) is 7.40. The lowest BCUT2D eigenvalue weighted by Crippen LogP contribution is -2.13. The molecule has 0 aliphatic rings. The third-order valence-electron chi connectivity index (χ3n) is 4.53. The van der Waals surface area contributed by atoms with E-state index in [0.29, 0.717) is 33.3 Å². The number of nitrogens with one attached hydrogen (secondary N) is 3. The van der Waals surface area contributed by atoms with Gasteiger partial charge in [-0.15, -0.1) is 11.3 Å². The summed E-state index contributed by atoms with van der Waals surface area (Å²) in [6.45, 7) is 0. The fraction of sp³-hybridized carbons (Fsp3) is 0.0400. The van der Waals surface area contributed by atoms with Crippen molar-refractivity contribution in [3.8, 4) is 11.5 Å². The quantitative estimate of drug-likeness (QED) is 0.246. The standard InChI is InChI=1S/C25H21N3O3S2/c1-32-28-19-9-7-8-18(15-19)26-25(30)23-14-17(16-33-23)24(29)27-21-12-5-6-13-22(21)31-20-10-3-2-4-11-20/h2-16,28H,1H3,(H,26,30)(H,27,29). The number of rotatable bonds is 8. The maximum atomic E-state index is 12.8. The van der Waals surface area contributed by atoms with Gasteiger partial charge in [-0.3, -0.25) is 9.59 Å². The predicted molar refractivity (Wildman–Crippen MR) is 137 cm³/mol. The Labute approximate surface area is 200 Å². The number of benzene rings is 3. The number of thiophene rings is 1. The molecule has 0 saturated heterocycles. The van der Waals surface area contributed by atoms with E-state index in [1.165, 1.54) is 23.3 Å². The Morgan fingerprint density at radius 2 is 1.58 bits per heavy atom. The normalized spacial score (nSPS) is 10.3. The molecule has 166 valence electrons. The SMILES string of the molecule is CSNc1cccc(NC(=O)c2cc(C(=O)Nc3ccccc3Oc3ccccc3)cs2)c1. The first-order valence-corrected chi connectivity index (χ1v) is 12.1. The van der Waals surface area contributed by atoms with Crippen LogP contribution in [0.1, 0.15) is 20.0 Å². The predicted octanol–water partition coefficient (Wildman–Crippen LogP) is 6.73. The minimum Gasteiger partial charge on any atom is -0.455 e. The molecular weight excluding hydrogens is 454 g/mol. The van der Waals surface area contributed by atoms with Gasteiger partial charge in [0.15, 0.2) is 5.75 Å². The lowest BCUT2D eigenvalue weighted by atomic mass is 10.2. The van der Waals surface area contributed by atoms with Gasteiger partial charge in [0.25, 0.3) is 11.8 Å². The van der Waals surface area contributed by atoms with E-state index in [1.54, 1.807) is 23.6 Å². The van der Waals surface area contributed by atoms with Crippen LogP contribution in [0, 0.1) is 0 Å². The average Bonchev–Trinajstić information content (AvgIpc) is 3.32. The zero-order chi connectivity index (χ0) is 23.0. The molecule has 0 fully saturated rings. The lowest BCUT2D eigenvalue weighted by molar-refractivity contribution is 0.102.